The zero-order valence-corrected chi connectivity index (χ0v) is 17.3. The van der Waals surface area contributed by atoms with Crippen molar-refractivity contribution >= 4 is 67.8 Å². The fourth-order valence-electron chi connectivity index (χ4n) is 2.82. The lowest BCUT2D eigenvalue weighted by Gasteiger charge is -2.33. The van der Waals surface area contributed by atoms with Crippen LogP contribution < -0.4 is 5.32 Å². The van der Waals surface area contributed by atoms with E-state index in [2.05, 4.69) is 5.32 Å². The van der Waals surface area contributed by atoms with E-state index in [9.17, 15) is 13.2 Å². The number of halogens is 3. The molecule has 0 saturated carbocycles. The molecule has 5 nitrogen and oxygen atoms in total. The van der Waals surface area contributed by atoms with Gasteiger partial charge in [-0.05, 0) is 43.2 Å². The third kappa shape index (κ3) is 4.18. The van der Waals surface area contributed by atoms with E-state index in [4.69, 9.17) is 34.8 Å². The second kappa shape index (κ2) is 8.04. The third-order valence-corrected chi connectivity index (χ3v) is 8.23. The number of sulfonamides is 1. The normalized spacial score (nSPS) is 18.7. The van der Waals surface area contributed by atoms with Gasteiger partial charge >= 0.3 is 0 Å². The molecule has 1 aromatic carbocycles. The lowest BCUT2D eigenvalue weighted by Crippen LogP contribution is -2.49. The molecule has 0 bridgehead atoms. The zero-order chi connectivity index (χ0) is 18.9. The van der Waals surface area contributed by atoms with Crippen molar-refractivity contribution in [3.8, 4) is 0 Å². The summed E-state index contributed by atoms with van der Waals surface area (Å²) in [7, 11) is -3.80. The van der Waals surface area contributed by atoms with Crippen LogP contribution in [0.1, 0.15) is 19.3 Å². The number of amides is 1. The third-order valence-electron chi connectivity index (χ3n) is 4.05. The largest absolute Gasteiger partial charge is 0.323 e. The van der Waals surface area contributed by atoms with Crippen LogP contribution in [0.3, 0.4) is 0 Å². The van der Waals surface area contributed by atoms with Crippen molar-refractivity contribution in [3.63, 3.8) is 0 Å². The van der Waals surface area contributed by atoms with Crippen LogP contribution in [0.2, 0.25) is 14.4 Å². The molecule has 1 aliphatic rings. The van der Waals surface area contributed by atoms with E-state index >= 15 is 0 Å². The van der Waals surface area contributed by atoms with E-state index in [0.29, 0.717) is 32.9 Å². The van der Waals surface area contributed by atoms with Crippen LogP contribution in [0, 0.1) is 0 Å². The quantitative estimate of drug-likeness (QED) is 0.716. The summed E-state index contributed by atoms with van der Waals surface area (Å²) in [5.41, 5.74) is 0.353. The lowest BCUT2D eigenvalue weighted by atomic mass is 10.0. The Morgan fingerprint density at radius 2 is 1.92 bits per heavy atom. The summed E-state index contributed by atoms with van der Waals surface area (Å²) >= 11 is 18.9. The summed E-state index contributed by atoms with van der Waals surface area (Å²) in [6.45, 7) is 0.277. The molecular formula is C16H15Cl3N2O3S2. The minimum absolute atomic E-state index is 0.128. The molecule has 0 aliphatic carbocycles. The van der Waals surface area contributed by atoms with Gasteiger partial charge in [-0.1, -0.05) is 41.2 Å². The molecular weight excluding hydrogens is 439 g/mol. The van der Waals surface area contributed by atoms with E-state index in [1.54, 1.807) is 12.1 Å². The number of benzene rings is 1. The van der Waals surface area contributed by atoms with Gasteiger partial charge in [0.2, 0.25) is 5.91 Å². The number of piperidine rings is 1. The number of nitrogens with zero attached hydrogens (tertiary/aromatic N) is 1. The summed E-state index contributed by atoms with van der Waals surface area (Å²) in [4.78, 5) is 12.8. The van der Waals surface area contributed by atoms with Crippen molar-refractivity contribution < 1.29 is 13.2 Å². The zero-order valence-electron chi connectivity index (χ0n) is 13.4. The van der Waals surface area contributed by atoms with Crippen LogP contribution in [0.25, 0.3) is 0 Å². The Labute approximate surface area is 170 Å². The first-order valence-electron chi connectivity index (χ1n) is 7.82. The van der Waals surface area contributed by atoms with Gasteiger partial charge in [-0.3, -0.25) is 4.79 Å². The van der Waals surface area contributed by atoms with Crippen LogP contribution in [-0.4, -0.2) is 31.2 Å². The number of hydrogen-bond donors (Lipinski definition) is 1. The van der Waals surface area contributed by atoms with Crippen molar-refractivity contribution in [1.82, 2.24) is 4.31 Å². The summed E-state index contributed by atoms with van der Waals surface area (Å²) in [6.07, 6.45) is 1.89. The molecule has 1 fully saturated rings. The summed E-state index contributed by atoms with van der Waals surface area (Å²) in [5, 5.41) is 3.45. The smallest absolute Gasteiger partial charge is 0.253 e. The number of rotatable bonds is 4. The molecule has 2 heterocycles. The van der Waals surface area contributed by atoms with E-state index in [-0.39, 0.29) is 10.8 Å². The molecule has 0 radical (unpaired) electrons. The van der Waals surface area contributed by atoms with Gasteiger partial charge in [0.05, 0.1) is 15.0 Å². The topological polar surface area (TPSA) is 66.5 Å². The summed E-state index contributed by atoms with van der Waals surface area (Å²) < 4.78 is 27.6. The van der Waals surface area contributed by atoms with Gasteiger partial charge in [0.25, 0.3) is 10.0 Å². The van der Waals surface area contributed by atoms with E-state index in [1.165, 1.54) is 22.5 Å². The average molecular weight is 454 g/mol. The Hall–Kier alpha value is -0.830. The van der Waals surface area contributed by atoms with Crippen molar-refractivity contribution in [2.75, 3.05) is 11.9 Å². The Morgan fingerprint density at radius 3 is 2.62 bits per heavy atom. The Kier molecular flexibility index (Phi) is 6.16. The van der Waals surface area contributed by atoms with Gasteiger partial charge in [0.15, 0.2) is 0 Å². The second-order valence-electron chi connectivity index (χ2n) is 5.80. The summed E-state index contributed by atoms with van der Waals surface area (Å²) in [5.74, 6) is -0.430. The number of carbonyl (C=O) groups is 1. The first kappa shape index (κ1) is 19.9. The van der Waals surface area contributed by atoms with Crippen LogP contribution >= 0.6 is 46.1 Å². The number of carbonyl (C=O) groups excluding carboxylic acids is 1. The van der Waals surface area contributed by atoms with Crippen molar-refractivity contribution in [1.29, 1.82) is 0 Å². The number of hydrogen-bond acceptors (Lipinski definition) is 4. The Morgan fingerprint density at radius 1 is 1.15 bits per heavy atom. The van der Waals surface area contributed by atoms with Crippen molar-refractivity contribution in [3.05, 3.63) is 44.7 Å². The minimum atomic E-state index is -3.80. The molecule has 1 amide bonds. The average Bonchev–Trinajstić information content (AvgIpc) is 3.05. The maximum absolute atomic E-state index is 12.9. The Bertz CT molecular complexity index is 931. The molecule has 0 spiro atoms. The van der Waals surface area contributed by atoms with E-state index < -0.39 is 22.0 Å². The van der Waals surface area contributed by atoms with Crippen molar-refractivity contribution in [2.45, 2.75) is 29.5 Å². The molecule has 1 N–H and O–H groups in total. The first-order valence-corrected chi connectivity index (χ1v) is 11.2. The standard InChI is InChI=1S/C16H15Cl3N2O3S2/c17-10-4-5-11(18)12(9-10)20-16(22)13-3-1-2-8-21(13)26(23,24)15-7-6-14(19)25-15/h4-7,9,13H,1-3,8H2,(H,20,22). The number of anilines is 1. The van der Waals surface area contributed by atoms with E-state index in [0.717, 1.165) is 17.8 Å². The molecule has 1 aromatic heterocycles. The van der Waals surface area contributed by atoms with Gasteiger partial charge in [-0.2, -0.15) is 4.31 Å². The van der Waals surface area contributed by atoms with Crippen molar-refractivity contribution in [2.24, 2.45) is 0 Å². The molecule has 10 heteroatoms. The predicted octanol–water partition coefficient (Wildman–Crippen LogP) is 4.89. The monoisotopic (exact) mass is 452 g/mol. The molecule has 1 atom stereocenters. The highest BCUT2D eigenvalue weighted by Gasteiger charge is 2.38. The van der Waals surface area contributed by atoms with Gasteiger partial charge < -0.3 is 5.32 Å². The molecule has 1 unspecified atom stereocenters. The SMILES string of the molecule is O=C(Nc1cc(Cl)ccc1Cl)C1CCCCN1S(=O)(=O)c1ccc(Cl)s1. The highest BCUT2D eigenvalue weighted by Crippen LogP contribution is 2.32. The molecule has 2 aromatic rings. The minimum Gasteiger partial charge on any atom is -0.323 e. The maximum atomic E-state index is 12.9. The first-order chi connectivity index (χ1) is 12.3. The van der Waals surface area contributed by atoms with Gasteiger partial charge in [-0.15, -0.1) is 11.3 Å². The second-order valence-corrected chi connectivity index (χ2v) is 10.5. The molecule has 1 saturated heterocycles. The molecule has 1 aliphatic heterocycles. The highest BCUT2D eigenvalue weighted by molar-refractivity contribution is 7.91. The number of thiophene rings is 1. The predicted molar refractivity (Wildman–Crippen MR) is 106 cm³/mol. The molecule has 140 valence electrons. The van der Waals surface area contributed by atoms with Gasteiger partial charge in [-0.25, -0.2) is 8.42 Å². The van der Waals surface area contributed by atoms with Gasteiger partial charge in [0, 0.05) is 11.6 Å². The van der Waals surface area contributed by atoms with Crippen LogP contribution in [0.15, 0.2) is 34.5 Å². The Balaban J connectivity index is 1.87. The maximum Gasteiger partial charge on any atom is 0.253 e. The van der Waals surface area contributed by atoms with E-state index in [1.807, 2.05) is 0 Å². The van der Waals surface area contributed by atoms with Gasteiger partial charge in [0.1, 0.15) is 10.3 Å². The lowest BCUT2D eigenvalue weighted by molar-refractivity contribution is -0.120. The van der Waals surface area contributed by atoms with Crippen LogP contribution in [0.4, 0.5) is 5.69 Å². The number of nitrogens with one attached hydrogen (secondary N) is 1. The molecule has 3 rings (SSSR count). The fraction of sp³-hybridized carbons (Fsp3) is 0.312. The summed E-state index contributed by atoms with van der Waals surface area (Å²) in [6, 6.07) is 6.89. The van der Waals surface area contributed by atoms with Crippen LogP contribution in [0.5, 0.6) is 0 Å². The fourth-order valence-corrected chi connectivity index (χ4v) is 6.42. The highest BCUT2D eigenvalue weighted by atomic mass is 35.5. The molecule has 26 heavy (non-hydrogen) atoms. The van der Waals surface area contributed by atoms with Crippen LogP contribution in [-0.2, 0) is 14.8 Å².